The molecule has 1 aromatic heterocycles. The molecule has 2 aliphatic rings. The number of hydrogen-bond acceptors (Lipinski definition) is 6. The van der Waals surface area contributed by atoms with Crippen LogP contribution in [-0.2, 0) is 6.54 Å². The average Bonchev–Trinajstić information content (AvgIpc) is 3.25. The van der Waals surface area contributed by atoms with Gasteiger partial charge in [0.25, 0.3) is 0 Å². The van der Waals surface area contributed by atoms with Crippen molar-refractivity contribution in [3.8, 4) is 22.9 Å². The summed E-state index contributed by atoms with van der Waals surface area (Å²) >= 11 is 3.66. The van der Waals surface area contributed by atoms with Crippen LogP contribution in [0.2, 0.25) is 0 Å². The highest BCUT2D eigenvalue weighted by Crippen LogP contribution is 2.37. The normalized spacial score (nSPS) is 19.1. The minimum absolute atomic E-state index is 0.157. The summed E-state index contributed by atoms with van der Waals surface area (Å²) in [5.74, 6) is 2.46. The zero-order valence-electron chi connectivity index (χ0n) is 16.3. The molecule has 0 radical (unpaired) electrons. The quantitative estimate of drug-likeness (QED) is 0.542. The third-order valence-corrected chi connectivity index (χ3v) is 6.22. The summed E-state index contributed by atoms with van der Waals surface area (Å²) in [6.45, 7) is 3.77. The van der Waals surface area contributed by atoms with Gasteiger partial charge in [0.1, 0.15) is 19.0 Å². The molecule has 30 heavy (non-hydrogen) atoms. The van der Waals surface area contributed by atoms with Crippen molar-refractivity contribution in [1.82, 2.24) is 15.0 Å². The lowest BCUT2D eigenvalue weighted by Crippen LogP contribution is -2.34. The second-order valence-corrected chi connectivity index (χ2v) is 8.48. The van der Waals surface area contributed by atoms with Gasteiger partial charge in [0, 0.05) is 23.1 Å². The van der Waals surface area contributed by atoms with Crippen molar-refractivity contribution in [3.05, 3.63) is 58.1 Å². The zero-order chi connectivity index (χ0) is 20.5. The lowest BCUT2D eigenvalue weighted by Gasteiger charge is -2.31. The van der Waals surface area contributed by atoms with Crippen molar-refractivity contribution >= 4 is 15.9 Å². The molecule has 6 nitrogen and oxygen atoms in total. The van der Waals surface area contributed by atoms with Crippen LogP contribution < -0.4 is 9.47 Å². The van der Waals surface area contributed by atoms with Crippen LogP contribution in [0.5, 0.6) is 11.5 Å². The number of halogens is 2. The van der Waals surface area contributed by atoms with Gasteiger partial charge >= 0.3 is 0 Å². The molecule has 2 aliphatic heterocycles. The molecule has 0 aliphatic carbocycles. The summed E-state index contributed by atoms with van der Waals surface area (Å²) in [6, 6.07) is 10.3. The van der Waals surface area contributed by atoms with Crippen LogP contribution in [0.4, 0.5) is 4.39 Å². The average molecular weight is 474 g/mol. The van der Waals surface area contributed by atoms with Gasteiger partial charge < -0.3 is 14.0 Å². The van der Waals surface area contributed by atoms with Crippen molar-refractivity contribution in [2.45, 2.75) is 25.3 Å². The molecule has 1 unspecified atom stereocenters. The Labute approximate surface area is 182 Å². The predicted molar refractivity (Wildman–Crippen MR) is 112 cm³/mol. The third-order valence-electron chi connectivity index (χ3n) is 5.48. The fourth-order valence-electron chi connectivity index (χ4n) is 4.01. The summed E-state index contributed by atoms with van der Waals surface area (Å²) < 4.78 is 31.4. The summed E-state index contributed by atoms with van der Waals surface area (Å²) in [5, 5.41) is 4.06. The van der Waals surface area contributed by atoms with Crippen LogP contribution in [0.25, 0.3) is 11.4 Å². The van der Waals surface area contributed by atoms with E-state index in [-0.39, 0.29) is 11.7 Å². The van der Waals surface area contributed by atoms with Gasteiger partial charge in [0.05, 0.1) is 5.92 Å². The van der Waals surface area contributed by atoms with E-state index in [2.05, 4.69) is 37.0 Å². The lowest BCUT2D eigenvalue weighted by atomic mass is 9.97. The Bertz CT molecular complexity index is 1060. The molecule has 0 N–H and O–H groups in total. The fraction of sp³-hybridized carbons (Fsp3) is 0.364. The summed E-state index contributed by atoms with van der Waals surface area (Å²) in [4.78, 5) is 6.93. The Hall–Kier alpha value is -2.45. The van der Waals surface area contributed by atoms with Crippen molar-refractivity contribution in [3.63, 3.8) is 0 Å². The van der Waals surface area contributed by atoms with Crippen LogP contribution in [0.1, 0.15) is 30.2 Å². The number of aromatic nitrogens is 2. The van der Waals surface area contributed by atoms with Crippen molar-refractivity contribution in [1.29, 1.82) is 0 Å². The topological polar surface area (TPSA) is 60.6 Å². The first-order chi connectivity index (χ1) is 14.7. The summed E-state index contributed by atoms with van der Waals surface area (Å²) in [6.07, 6.45) is 2.04. The largest absolute Gasteiger partial charge is 0.486 e. The Morgan fingerprint density at radius 3 is 2.80 bits per heavy atom. The summed E-state index contributed by atoms with van der Waals surface area (Å²) in [5.41, 5.74) is 1.78. The van der Waals surface area contributed by atoms with Gasteiger partial charge in [-0.15, -0.1) is 0 Å². The van der Waals surface area contributed by atoms with E-state index in [4.69, 9.17) is 14.0 Å². The molecule has 3 aromatic rings. The molecule has 0 saturated carbocycles. The molecule has 1 atom stereocenters. The van der Waals surface area contributed by atoms with Gasteiger partial charge in [0.2, 0.25) is 11.7 Å². The minimum Gasteiger partial charge on any atom is -0.486 e. The van der Waals surface area contributed by atoms with E-state index >= 15 is 0 Å². The highest BCUT2D eigenvalue weighted by Gasteiger charge is 2.27. The zero-order valence-corrected chi connectivity index (χ0v) is 17.9. The first kappa shape index (κ1) is 19.5. The van der Waals surface area contributed by atoms with E-state index in [0.29, 0.717) is 30.5 Å². The summed E-state index contributed by atoms with van der Waals surface area (Å²) in [7, 11) is 0. The number of fused-ring (bicyclic) bond motifs is 1. The Balaban J connectivity index is 1.30. The van der Waals surface area contributed by atoms with Crippen LogP contribution in [0.15, 0.2) is 45.4 Å². The lowest BCUT2D eigenvalue weighted by molar-refractivity contribution is 0.168. The van der Waals surface area contributed by atoms with E-state index in [0.717, 1.165) is 54.0 Å². The smallest absolute Gasteiger partial charge is 0.231 e. The van der Waals surface area contributed by atoms with Crippen LogP contribution in [-0.4, -0.2) is 41.3 Å². The minimum atomic E-state index is -0.312. The van der Waals surface area contributed by atoms with E-state index in [1.165, 1.54) is 12.1 Å². The number of rotatable bonds is 4. The van der Waals surface area contributed by atoms with Crippen molar-refractivity contribution in [2.75, 3.05) is 26.3 Å². The number of nitrogens with zero attached hydrogens (tertiary/aromatic N) is 3. The molecule has 0 bridgehead atoms. The maximum atomic E-state index is 13.5. The molecule has 8 heteroatoms. The van der Waals surface area contributed by atoms with Crippen molar-refractivity contribution < 1.29 is 18.4 Å². The molecular weight excluding hydrogens is 453 g/mol. The molecular formula is C22H21BrFN3O3. The molecule has 1 fully saturated rings. The number of hydrogen-bond donors (Lipinski definition) is 0. The first-order valence-corrected chi connectivity index (χ1v) is 10.8. The molecule has 0 amide bonds. The van der Waals surface area contributed by atoms with E-state index < -0.39 is 0 Å². The predicted octanol–water partition coefficient (Wildman–Crippen LogP) is 4.79. The van der Waals surface area contributed by atoms with Gasteiger partial charge in [-0.2, -0.15) is 4.98 Å². The monoisotopic (exact) mass is 473 g/mol. The van der Waals surface area contributed by atoms with Gasteiger partial charge in [-0.1, -0.05) is 33.2 Å². The molecule has 5 rings (SSSR count). The highest BCUT2D eigenvalue weighted by atomic mass is 79.9. The van der Waals surface area contributed by atoms with Gasteiger partial charge in [-0.05, 0) is 49.2 Å². The highest BCUT2D eigenvalue weighted by molar-refractivity contribution is 9.10. The van der Waals surface area contributed by atoms with Crippen LogP contribution >= 0.6 is 15.9 Å². The van der Waals surface area contributed by atoms with Gasteiger partial charge in [0.15, 0.2) is 11.5 Å². The maximum Gasteiger partial charge on any atom is 0.231 e. The first-order valence-electron chi connectivity index (χ1n) is 10.1. The number of ether oxygens (including phenoxy) is 2. The maximum absolute atomic E-state index is 13.5. The molecule has 2 aromatic carbocycles. The molecule has 3 heterocycles. The second kappa shape index (κ2) is 8.35. The van der Waals surface area contributed by atoms with Gasteiger partial charge in [-0.3, -0.25) is 4.90 Å². The Morgan fingerprint density at radius 2 is 1.97 bits per heavy atom. The Kier molecular flexibility index (Phi) is 5.43. The number of piperidine rings is 1. The fourth-order valence-corrected chi connectivity index (χ4v) is 4.46. The van der Waals surface area contributed by atoms with Crippen LogP contribution in [0.3, 0.4) is 0 Å². The molecule has 0 spiro atoms. The van der Waals surface area contributed by atoms with Crippen molar-refractivity contribution in [2.24, 2.45) is 0 Å². The Morgan fingerprint density at radius 1 is 1.13 bits per heavy atom. The van der Waals surface area contributed by atoms with Gasteiger partial charge in [-0.25, -0.2) is 4.39 Å². The molecule has 156 valence electrons. The standard InChI is InChI=1S/C22H21BrFN3O3/c23-18-11-20-19(28-7-8-29-20)10-16(18)13-27-6-2-4-15(12-27)22-25-21(26-30-22)14-3-1-5-17(24)9-14/h1,3,5,9-11,15H,2,4,6-8,12-13H2. The van der Waals surface area contributed by atoms with Crippen LogP contribution in [0, 0.1) is 5.82 Å². The SMILES string of the molecule is Fc1cccc(-c2noc(C3CCCN(Cc4cc5c(cc4Br)OCCO5)C3)n2)c1. The van der Waals surface area contributed by atoms with E-state index in [1.807, 2.05) is 6.07 Å². The number of likely N-dealkylation sites (tertiary alicyclic amines) is 1. The second-order valence-electron chi connectivity index (χ2n) is 7.63. The van der Waals surface area contributed by atoms with E-state index in [1.54, 1.807) is 12.1 Å². The van der Waals surface area contributed by atoms with E-state index in [9.17, 15) is 4.39 Å². The third kappa shape index (κ3) is 4.06. The number of benzene rings is 2. The molecule has 1 saturated heterocycles.